The fraction of sp³-hybridized carbons (Fsp3) is 0.750. The summed E-state index contributed by atoms with van der Waals surface area (Å²) in [6, 6.07) is 0. The van der Waals surface area contributed by atoms with Gasteiger partial charge in [0.05, 0.1) is 5.69 Å². The summed E-state index contributed by atoms with van der Waals surface area (Å²) < 4.78 is 0.485. The Labute approximate surface area is 128 Å². The zero-order valence-corrected chi connectivity index (χ0v) is 14.3. The van der Waals surface area contributed by atoms with Crippen LogP contribution in [0.2, 0.25) is 0 Å². The summed E-state index contributed by atoms with van der Waals surface area (Å²) in [6.45, 7) is 14.8. The van der Waals surface area contributed by atoms with Crippen LogP contribution in [0.1, 0.15) is 53.0 Å². The lowest BCUT2D eigenvalue weighted by molar-refractivity contribution is 0.298. The normalized spacial score (nSPS) is 12.3. The van der Waals surface area contributed by atoms with E-state index in [0.29, 0.717) is 4.51 Å². The second-order valence-electron chi connectivity index (χ2n) is 6.32. The molecule has 0 aliphatic rings. The number of nitrogens with one attached hydrogen (secondary N) is 1. The summed E-state index contributed by atoms with van der Waals surface area (Å²) in [5.41, 5.74) is 1.72. The molecule has 1 rings (SSSR count). The summed E-state index contributed by atoms with van der Waals surface area (Å²) in [5, 5.41) is 3.36. The Morgan fingerprint density at radius 2 is 1.75 bits per heavy atom. The van der Waals surface area contributed by atoms with Crippen LogP contribution in [-0.4, -0.2) is 31.1 Å². The third-order valence-electron chi connectivity index (χ3n) is 3.76. The minimum Gasteiger partial charge on any atom is -0.383 e. The van der Waals surface area contributed by atoms with Crippen LogP contribution in [0.15, 0.2) is 4.79 Å². The molecule has 0 bridgehead atoms. The first-order valence-corrected chi connectivity index (χ1v) is 8.03. The first-order valence-electron chi connectivity index (χ1n) is 7.62. The molecule has 0 aromatic heterocycles. The Balaban J connectivity index is 2.43. The third kappa shape index (κ3) is 4.13. The molecule has 0 radical (unpaired) electrons. The number of hydrogen-bond donors (Lipinski definition) is 1. The molecule has 20 heavy (non-hydrogen) atoms. The summed E-state index contributed by atoms with van der Waals surface area (Å²) in [6.07, 6.45) is 2.28. The maximum Gasteiger partial charge on any atom is 0.204 e. The van der Waals surface area contributed by atoms with Crippen molar-refractivity contribution in [1.82, 2.24) is 4.90 Å². The van der Waals surface area contributed by atoms with E-state index < -0.39 is 0 Å². The maximum absolute atomic E-state index is 11.8. The van der Waals surface area contributed by atoms with Crippen LogP contribution < -0.4 is 10.7 Å². The monoisotopic (exact) mass is 296 g/mol. The molecule has 114 valence electrons. The van der Waals surface area contributed by atoms with E-state index in [1.54, 1.807) is 0 Å². The number of nitrogens with zero attached hydrogens (tertiary/aromatic N) is 1. The highest BCUT2D eigenvalue weighted by atomic mass is 32.1. The zero-order chi connectivity index (χ0) is 15.3. The summed E-state index contributed by atoms with van der Waals surface area (Å²) in [5.74, 6) is 0. The molecule has 0 aliphatic carbocycles. The van der Waals surface area contributed by atoms with Gasteiger partial charge in [-0.1, -0.05) is 46.8 Å². The van der Waals surface area contributed by atoms with E-state index in [2.05, 4.69) is 44.8 Å². The highest BCUT2D eigenvalue weighted by molar-refractivity contribution is 7.71. The molecule has 0 heterocycles. The van der Waals surface area contributed by atoms with E-state index in [1.807, 2.05) is 0 Å². The van der Waals surface area contributed by atoms with Crippen molar-refractivity contribution >= 4 is 17.9 Å². The lowest BCUT2D eigenvalue weighted by Gasteiger charge is -2.25. The average molecular weight is 296 g/mol. The zero-order valence-electron chi connectivity index (χ0n) is 13.5. The largest absolute Gasteiger partial charge is 0.383 e. The Hall–Kier alpha value is -0.740. The van der Waals surface area contributed by atoms with Crippen molar-refractivity contribution in [2.45, 2.75) is 52.9 Å². The van der Waals surface area contributed by atoms with Crippen molar-refractivity contribution < 1.29 is 0 Å². The fourth-order valence-corrected chi connectivity index (χ4v) is 2.77. The lowest BCUT2D eigenvalue weighted by Crippen LogP contribution is -2.31. The molecule has 1 aromatic rings. The van der Waals surface area contributed by atoms with Gasteiger partial charge in [-0.3, -0.25) is 4.79 Å². The van der Waals surface area contributed by atoms with E-state index >= 15 is 0 Å². The van der Waals surface area contributed by atoms with Crippen molar-refractivity contribution in [3.63, 3.8) is 0 Å². The predicted octanol–water partition coefficient (Wildman–Crippen LogP) is 3.48. The summed E-state index contributed by atoms with van der Waals surface area (Å²) in [7, 11) is 0. The van der Waals surface area contributed by atoms with Gasteiger partial charge in [0.1, 0.15) is 4.51 Å². The topological polar surface area (TPSA) is 32.3 Å². The smallest absolute Gasteiger partial charge is 0.204 e. The molecule has 0 atom stereocenters. The molecule has 0 amide bonds. The Kier molecular flexibility index (Phi) is 6.34. The number of anilines is 1. The van der Waals surface area contributed by atoms with Crippen molar-refractivity contribution in [1.29, 1.82) is 0 Å². The summed E-state index contributed by atoms with van der Waals surface area (Å²) in [4.78, 5) is 14.3. The molecule has 0 unspecified atom stereocenters. The van der Waals surface area contributed by atoms with Gasteiger partial charge in [0.15, 0.2) is 0 Å². The van der Waals surface area contributed by atoms with Crippen LogP contribution in [0.3, 0.4) is 0 Å². The number of rotatable bonds is 8. The molecular weight excluding hydrogens is 268 g/mol. The van der Waals surface area contributed by atoms with Crippen molar-refractivity contribution in [2.75, 3.05) is 31.5 Å². The molecular formula is C16H28N2OS. The lowest BCUT2D eigenvalue weighted by atomic mass is 9.82. The van der Waals surface area contributed by atoms with Gasteiger partial charge in [0.2, 0.25) is 5.43 Å². The Morgan fingerprint density at radius 3 is 2.25 bits per heavy atom. The van der Waals surface area contributed by atoms with Gasteiger partial charge >= 0.3 is 0 Å². The van der Waals surface area contributed by atoms with Gasteiger partial charge in [0, 0.05) is 12.1 Å². The molecule has 4 heteroatoms. The van der Waals surface area contributed by atoms with Crippen LogP contribution >= 0.6 is 12.2 Å². The van der Waals surface area contributed by atoms with Crippen LogP contribution in [0, 0.1) is 4.51 Å². The van der Waals surface area contributed by atoms with Gasteiger partial charge in [-0.25, -0.2) is 0 Å². The van der Waals surface area contributed by atoms with Crippen LogP contribution in [-0.2, 0) is 5.41 Å². The standard InChI is InChI=1S/C16H28N2OS/c1-6-18(7-2)11-9-8-10-17-13-12(16(3,4)5)14(19)15(13)20/h17H,6-11H2,1-5H3. The number of unbranched alkanes of at least 4 members (excludes halogenated alkanes) is 1. The van der Waals surface area contributed by atoms with Gasteiger partial charge < -0.3 is 10.2 Å². The Morgan fingerprint density at radius 1 is 1.15 bits per heavy atom. The quantitative estimate of drug-likeness (QED) is 0.588. The van der Waals surface area contributed by atoms with Gasteiger partial charge in [0.25, 0.3) is 0 Å². The maximum atomic E-state index is 11.8. The van der Waals surface area contributed by atoms with E-state index in [4.69, 9.17) is 12.2 Å². The third-order valence-corrected chi connectivity index (χ3v) is 4.15. The second kappa shape index (κ2) is 7.32. The van der Waals surface area contributed by atoms with Gasteiger partial charge in [-0.05, 0) is 37.9 Å². The molecule has 0 spiro atoms. The van der Waals surface area contributed by atoms with Crippen LogP contribution in [0.25, 0.3) is 0 Å². The minimum atomic E-state index is -0.122. The highest BCUT2D eigenvalue weighted by Gasteiger charge is 2.27. The first-order chi connectivity index (χ1) is 9.32. The predicted molar refractivity (Wildman–Crippen MR) is 90.1 cm³/mol. The first kappa shape index (κ1) is 17.3. The van der Waals surface area contributed by atoms with Crippen molar-refractivity contribution in [2.24, 2.45) is 0 Å². The van der Waals surface area contributed by atoms with Gasteiger partial charge in [-0.15, -0.1) is 0 Å². The number of hydrogen-bond acceptors (Lipinski definition) is 4. The van der Waals surface area contributed by atoms with E-state index in [0.717, 1.165) is 43.9 Å². The van der Waals surface area contributed by atoms with Crippen molar-refractivity contribution in [3.8, 4) is 0 Å². The van der Waals surface area contributed by atoms with Crippen LogP contribution in [0.5, 0.6) is 0 Å². The molecule has 1 N–H and O–H groups in total. The molecule has 0 saturated heterocycles. The van der Waals surface area contributed by atoms with Crippen molar-refractivity contribution in [3.05, 3.63) is 20.3 Å². The average Bonchev–Trinajstić information content (AvgIpc) is 2.39. The molecule has 0 aliphatic heterocycles. The van der Waals surface area contributed by atoms with E-state index in [-0.39, 0.29) is 10.8 Å². The minimum absolute atomic E-state index is 0.0538. The second-order valence-corrected chi connectivity index (χ2v) is 6.73. The summed E-state index contributed by atoms with van der Waals surface area (Å²) >= 11 is 5.15. The molecule has 1 aromatic carbocycles. The van der Waals surface area contributed by atoms with E-state index in [1.165, 1.54) is 6.42 Å². The molecule has 0 saturated carbocycles. The Bertz CT molecular complexity index is 491. The highest BCUT2D eigenvalue weighted by Crippen LogP contribution is 2.30. The SMILES string of the molecule is CCN(CC)CCCCNc1c(C(C)(C)C)c(=O)c1=S. The van der Waals surface area contributed by atoms with Gasteiger partial charge in [-0.2, -0.15) is 0 Å². The van der Waals surface area contributed by atoms with Crippen LogP contribution in [0.4, 0.5) is 5.69 Å². The molecule has 3 nitrogen and oxygen atoms in total. The van der Waals surface area contributed by atoms with E-state index in [9.17, 15) is 4.79 Å². The molecule has 0 fully saturated rings. The fourth-order valence-electron chi connectivity index (χ4n) is 2.49.